The van der Waals surface area contributed by atoms with Crippen molar-refractivity contribution >= 4 is 11.8 Å². The van der Waals surface area contributed by atoms with Gasteiger partial charge in [-0.3, -0.25) is 0 Å². The van der Waals surface area contributed by atoms with E-state index in [9.17, 15) is 0 Å². The van der Waals surface area contributed by atoms with Crippen molar-refractivity contribution in [2.75, 3.05) is 13.0 Å². The lowest BCUT2D eigenvalue weighted by Gasteiger charge is -2.08. The molecule has 2 rings (SSSR count). The second-order valence-corrected chi connectivity index (χ2v) is 4.95. The van der Waals surface area contributed by atoms with Gasteiger partial charge in [-0.25, -0.2) is 4.68 Å². The van der Waals surface area contributed by atoms with Crippen molar-refractivity contribution in [2.45, 2.75) is 24.8 Å². The zero-order valence-corrected chi connectivity index (χ0v) is 11.5. The number of nitrogens with two attached hydrogens (primary N) is 1. The first kappa shape index (κ1) is 12.8. The number of methoxy groups -OCH3 is 1. The average Bonchev–Trinajstić information content (AvgIpc) is 2.68. The molecule has 0 fully saturated rings. The molecule has 1 aromatic heterocycles. The van der Waals surface area contributed by atoms with Gasteiger partial charge in [0.05, 0.1) is 7.11 Å². The number of thioether (sulfide) groups is 1. The van der Waals surface area contributed by atoms with Gasteiger partial charge in [0.15, 0.2) is 0 Å². The molecular formula is C12H16N4OS. The van der Waals surface area contributed by atoms with Crippen LogP contribution in [0.15, 0.2) is 23.4 Å². The van der Waals surface area contributed by atoms with Crippen molar-refractivity contribution in [1.82, 2.24) is 14.9 Å². The summed E-state index contributed by atoms with van der Waals surface area (Å²) >= 11 is 1.54. The Balaban J connectivity index is 2.15. The first-order chi connectivity index (χ1) is 8.61. The zero-order valence-electron chi connectivity index (χ0n) is 10.7. The summed E-state index contributed by atoms with van der Waals surface area (Å²) in [5.74, 6) is 8.14. The Morgan fingerprint density at radius 2 is 2.11 bits per heavy atom. The fourth-order valence-electron chi connectivity index (χ4n) is 1.61. The number of nitrogen functional groups attached to an aromatic ring is 1. The van der Waals surface area contributed by atoms with Gasteiger partial charge in [-0.05, 0) is 19.9 Å². The molecule has 0 radical (unpaired) electrons. The van der Waals surface area contributed by atoms with Crippen molar-refractivity contribution in [3.63, 3.8) is 0 Å². The van der Waals surface area contributed by atoms with Crippen LogP contribution in [0.5, 0.6) is 5.75 Å². The van der Waals surface area contributed by atoms with Gasteiger partial charge in [-0.1, -0.05) is 29.5 Å². The molecule has 0 amide bonds. The summed E-state index contributed by atoms with van der Waals surface area (Å²) in [5.41, 5.74) is 2.33. The highest BCUT2D eigenvalue weighted by Crippen LogP contribution is 2.27. The maximum absolute atomic E-state index is 5.81. The molecule has 1 heterocycles. The van der Waals surface area contributed by atoms with E-state index in [-0.39, 0.29) is 0 Å². The van der Waals surface area contributed by atoms with Crippen molar-refractivity contribution < 1.29 is 4.74 Å². The number of aryl methyl sites for hydroxylation is 2. The molecule has 0 spiro atoms. The minimum Gasteiger partial charge on any atom is -0.496 e. The minimum atomic E-state index is 0.703. The van der Waals surface area contributed by atoms with Crippen LogP contribution >= 0.6 is 11.8 Å². The molecule has 1 aromatic carbocycles. The molecule has 0 saturated carbocycles. The van der Waals surface area contributed by atoms with E-state index in [1.807, 2.05) is 19.1 Å². The lowest BCUT2D eigenvalue weighted by Crippen LogP contribution is -2.11. The Morgan fingerprint density at radius 3 is 2.72 bits per heavy atom. The highest BCUT2D eigenvalue weighted by Gasteiger charge is 2.09. The van der Waals surface area contributed by atoms with E-state index in [4.69, 9.17) is 10.6 Å². The van der Waals surface area contributed by atoms with Gasteiger partial charge in [0.25, 0.3) is 0 Å². The Hall–Kier alpha value is -1.69. The van der Waals surface area contributed by atoms with E-state index in [0.717, 1.165) is 17.1 Å². The smallest absolute Gasteiger partial charge is 0.210 e. The minimum absolute atomic E-state index is 0.703. The van der Waals surface area contributed by atoms with Crippen molar-refractivity contribution in [1.29, 1.82) is 0 Å². The monoisotopic (exact) mass is 264 g/mol. The third-order valence-corrected chi connectivity index (χ3v) is 3.62. The summed E-state index contributed by atoms with van der Waals surface area (Å²) in [7, 11) is 1.68. The number of nitrogens with zero attached hydrogens (tertiary/aromatic N) is 3. The van der Waals surface area contributed by atoms with E-state index < -0.39 is 0 Å². The third kappa shape index (κ3) is 2.59. The van der Waals surface area contributed by atoms with E-state index in [1.54, 1.807) is 18.9 Å². The number of hydrogen-bond acceptors (Lipinski definition) is 5. The van der Waals surface area contributed by atoms with Crippen LogP contribution in [-0.2, 0) is 5.75 Å². The molecule has 2 N–H and O–H groups in total. The Bertz CT molecular complexity index is 553. The molecule has 5 nitrogen and oxygen atoms in total. The molecule has 0 bridgehead atoms. The topological polar surface area (TPSA) is 66.0 Å². The Morgan fingerprint density at radius 1 is 1.33 bits per heavy atom. The van der Waals surface area contributed by atoms with Gasteiger partial charge in [-0.2, -0.15) is 0 Å². The predicted octanol–water partition coefficient (Wildman–Crippen LogP) is 1.91. The van der Waals surface area contributed by atoms with E-state index in [0.29, 0.717) is 11.0 Å². The molecule has 0 unspecified atom stereocenters. The summed E-state index contributed by atoms with van der Waals surface area (Å²) in [6.07, 6.45) is 0. The molecule has 0 saturated heterocycles. The largest absolute Gasteiger partial charge is 0.496 e. The highest BCUT2D eigenvalue weighted by molar-refractivity contribution is 7.98. The fraction of sp³-hybridized carbons (Fsp3) is 0.333. The normalized spacial score (nSPS) is 10.6. The molecule has 0 aliphatic heterocycles. The standard InChI is InChI=1S/C12H16N4OS/c1-8-4-5-11(17-3)10(6-8)7-18-12-15-14-9(2)16(12)13/h4-6H,7,13H2,1-3H3. The lowest BCUT2D eigenvalue weighted by atomic mass is 10.1. The van der Waals surface area contributed by atoms with Crippen LogP contribution in [0.4, 0.5) is 0 Å². The molecule has 6 heteroatoms. The Kier molecular flexibility index (Phi) is 3.76. The van der Waals surface area contributed by atoms with Crippen LogP contribution in [-0.4, -0.2) is 22.0 Å². The summed E-state index contributed by atoms with van der Waals surface area (Å²) in [4.78, 5) is 0. The molecule has 0 aliphatic carbocycles. The number of rotatable bonds is 4. The first-order valence-electron chi connectivity index (χ1n) is 5.55. The number of aromatic nitrogens is 3. The van der Waals surface area contributed by atoms with Crippen molar-refractivity contribution in [3.05, 3.63) is 35.2 Å². The van der Waals surface area contributed by atoms with Crippen molar-refractivity contribution in [2.24, 2.45) is 0 Å². The van der Waals surface area contributed by atoms with Crippen LogP contribution in [0.2, 0.25) is 0 Å². The van der Waals surface area contributed by atoms with Gasteiger partial charge < -0.3 is 10.6 Å². The van der Waals surface area contributed by atoms with Gasteiger partial charge in [-0.15, -0.1) is 10.2 Å². The lowest BCUT2D eigenvalue weighted by molar-refractivity contribution is 0.411. The molecule has 18 heavy (non-hydrogen) atoms. The van der Waals surface area contributed by atoms with E-state index >= 15 is 0 Å². The van der Waals surface area contributed by atoms with E-state index in [1.165, 1.54) is 10.2 Å². The molecule has 96 valence electrons. The predicted molar refractivity (Wildman–Crippen MR) is 72.2 cm³/mol. The maximum atomic E-state index is 5.81. The van der Waals surface area contributed by atoms with Gasteiger partial charge >= 0.3 is 0 Å². The maximum Gasteiger partial charge on any atom is 0.210 e. The Labute approximate surface area is 110 Å². The summed E-state index contributed by atoms with van der Waals surface area (Å²) < 4.78 is 6.83. The van der Waals surface area contributed by atoms with E-state index in [2.05, 4.69) is 23.2 Å². The van der Waals surface area contributed by atoms with Crippen LogP contribution in [0, 0.1) is 13.8 Å². The summed E-state index contributed by atoms with van der Waals surface area (Å²) in [6.45, 7) is 3.88. The van der Waals surface area contributed by atoms with Crippen LogP contribution in [0.3, 0.4) is 0 Å². The fourth-order valence-corrected chi connectivity index (χ4v) is 2.49. The third-order valence-electron chi connectivity index (χ3n) is 2.63. The second-order valence-electron chi connectivity index (χ2n) is 4.00. The molecule has 0 aliphatic rings. The van der Waals surface area contributed by atoms with Gasteiger partial charge in [0.2, 0.25) is 5.16 Å². The molecular weight excluding hydrogens is 248 g/mol. The first-order valence-corrected chi connectivity index (χ1v) is 6.53. The second kappa shape index (κ2) is 5.30. The van der Waals surface area contributed by atoms with Crippen LogP contribution in [0.1, 0.15) is 17.0 Å². The number of benzene rings is 1. The van der Waals surface area contributed by atoms with Gasteiger partial charge in [0, 0.05) is 11.3 Å². The molecule has 2 aromatic rings. The average molecular weight is 264 g/mol. The number of ether oxygens (including phenoxy) is 1. The van der Waals surface area contributed by atoms with Crippen LogP contribution < -0.4 is 10.6 Å². The number of hydrogen-bond donors (Lipinski definition) is 1. The molecule has 0 atom stereocenters. The summed E-state index contributed by atoms with van der Waals surface area (Å²) in [5, 5.41) is 8.65. The quantitative estimate of drug-likeness (QED) is 0.675. The zero-order chi connectivity index (χ0) is 13.1. The van der Waals surface area contributed by atoms with Crippen LogP contribution in [0.25, 0.3) is 0 Å². The van der Waals surface area contributed by atoms with Crippen molar-refractivity contribution in [3.8, 4) is 5.75 Å². The highest BCUT2D eigenvalue weighted by atomic mass is 32.2. The summed E-state index contributed by atoms with van der Waals surface area (Å²) in [6, 6.07) is 6.11. The van der Waals surface area contributed by atoms with Gasteiger partial charge in [0.1, 0.15) is 11.6 Å². The SMILES string of the molecule is COc1ccc(C)cc1CSc1nnc(C)n1N.